The summed E-state index contributed by atoms with van der Waals surface area (Å²) < 4.78 is 12.8. The van der Waals surface area contributed by atoms with E-state index in [-0.39, 0.29) is 24.1 Å². The normalized spacial score (nSPS) is 13.1. The van der Waals surface area contributed by atoms with Gasteiger partial charge in [-0.05, 0) is 34.9 Å². The molecule has 3 rings (SSSR count). The predicted octanol–water partition coefficient (Wildman–Crippen LogP) is 2.20. The van der Waals surface area contributed by atoms with Crippen LogP contribution in [-0.2, 0) is 29.0 Å². The van der Waals surface area contributed by atoms with Crippen LogP contribution in [0.4, 0.5) is 10.1 Å². The number of nitrogens with zero attached hydrogens (tertiary/aromatic N) is 1. The third kappa shape index (κ3) is 3.39. The van der Waals surface area contributed by atoms with Gasteiger partial charge >= 0.3 is 0 Å². The fourth-order valence-corrected chi connectivity index (χ4v) is 2.68. The molecule has 0 unspecified atom stereocenters. The molecule has 5 heteroatoms. The molecule has 0 spiro atoms. The van der Waals surface area contributed by atoms with Crippen molar-refractivity contribution in [1.82, 2.24) is 5.32 Å². The zero-order valence-corrected chi connectivity index (χ0v) is 12.8. The molecular formula is C18H17FN2O2. The van der Waals surface area contributed by atoms with Crippen LogP contribution in [0.3, 0.4) is 0 Å². The summed E-state index contributed by atoms with van der Waals surface area (Å²) in [7, 11) is 1.76. The minimum absolute atomic E-state index is 0.0810. The fraction of sp³-hybridized carbons (Fsp3) is 0.222. The zero-order chi connectivity index (χ0) is 16.4. The van der Waals surface area contributed by atoms with E-state index in [1.807, 2.05) is 18.2 Å². The molecule has 2 aromatic rings. The lowest BCUT2D eigenvalue weighted by Crippen LogP contribution is -2.24. The molecule has 0 atom stereocenters. The number of likely N-dealkylation sites (N-methyl/N-ethyl adjacent to an activating group) is 1. The van der Waals surface area contributed by atoms with E-state index in [0.29, 0.717) is 13.0 Å². The second kappa shape index (κ2) is 6.20. The van der Waals surface area contributed by atoms with E-state index >= 15 is 0 Å². The van der Waals surface area contributed by atoms with Crippen molar-refractivity contribution in [3.8, 4) is 0 Å². The number of rotatable bonds is 4. The molecular weight excluding hydrogens is 295 g/mol. The Morgan fingerprint density at radius 3 is 2.61 bits per heavy atom. The maximum atomic E-state index is 12.8. The quantitative estimate of drug-likeness (QED) is 0.941. The number of hydrogen-bond donors (Lipinski definition) is 1. The third-order valence-electron chi connectivity index (χ3n) is 3.99. The van der Waals surface area contributed by atoms with Crippen molar-refractivity contribution < 1.29 is 14.0 Å². The van der Waals surface area contributed by atoms with Gasteiger partial charge in [0.05, 0.1) is 12.8 Å². The number of hydrogen-bond acceptors (Lipinski definition) is 2. The number of carbonyl (C=O) groups is 2. The van der Waals surface area contributed by atoms with Crippen molar-refractivity contribution in [3.05, 3.63) is 65.0 Å². The molecule has 4 nitrogen and oxygen atoms in total. The number of nitrogens with one attached hydrogen (secondary N) is 1. The summed E-state index contributed by atoms with van der Waals surface area (Å²) in [6.07, 6.45) is 0.621. The van der Waals surface area contributed by atoms with Crippen LogP contribution < -0.4 is 10.2 Å². The van der Waals surface area contributed by atoms with Gasteiger partial charge in [0, 0.05) is 19.3 Å². The van der Waals surface area contributed by atoms with Gasteiger partial charge in [0.25, 0.3) is 0 Å². The molecule has 1 N–H and O–H groups in total. The molecule has 0 saturated heterocycles. The highest BCUT2D eigenvalue weighted by atomic mass is 19.1. The number of amides is 2. The Bertz CT molecular complexity index is 756. The molecule has 0 fully saturated rings. The first-order valence-electron chi connectivity index (χ1n) is 7.42. The fourth-order valence-electron chi connectivity index (χ4n) is 2.68. The van der Waals surface area contributed by atoms with Gasteiger partial charge in [-0.1, -0.05) is 24.3 Å². The van der Waals surface area contributed by atoms with E-state index < -0.39 is 0 Å². The van der Waals surface area contributed by atoms with Crippen molar-refractivity contribution in [1.29, 1.82) is 0 Å². The predicted molar refractivity (Wildman–Crippen MR) is 85.5 cm³/mol. The van der Waals surface area contributed by atoms with Crippen molar-refractivity contribution in [2.75, 3.05) is 11.9 Å². The van der Waals surface area contributed by atoms with Gasteiger partial charge in [-0.25, -0.2) is 4.39 Å². The summed E-state index contributed by atoms with van der Waals surface area (Å²) in [6.45, 7) is 0.408. The first-order chi connectivity index (χ1) is 11.0. The average Bonchev–Trinajstić information content (AvgIpc) is 2.82. The molecule has 1 aliphatic rings. The Morgan fingerprint density at radius 2 is 1.87 bits per heavy atom. The summed E-state index contributed by atoms with van der Waals surface area (Å²) >= 11 is 0. The van der Waals surface area contributed by atoms with E-state index in [2.05, 4.69) is 5.32 Å². The largest absolute Gasteiger partial charge is 0.352 e. The molecule has 1 aliphatic heterocycles. The molecule has 1 heterocycles. The first kappa shape index (κ1) is 15.2. The van der Waals surface area contributed by atoms with Gasteiger partial charge in [-0.15, -0.1) is 0 Å². The van der Waals surface area contributed by atoms with Gasteiger partial charge in [-0.2, -0.15) is 0 Å². The van der Waals surface area contributed by atoms with Crippen LogP contribution in [0, 0.1) is 5.82 Å². The highest BCUT2D eigenvalue weighted by Gasteiger charge is 2.23. The maximum Gasteiger partial charge on any atom is 0.231 e. The molecule has 0 radical (unpaired) electrons. The van der Waals surface area contributed by atoms with Crippen molar-refractivity contribution in [3.63, 3.8) is 0 Å². The Kier molecular flexibility index (Phi) is 4.10. The Balaban J connectivity index is 1.58. The van der Waals surface area contributed by atoms with Gasteiger partial charge < -0.3 is 10.2 Å². The second-order valence-corrected chi connectivity index (χ2v) is 5.67. The molecule has 0 aliphatic carbocycles. The number of carbonyl (C=O) groups excluding carboxylic acids is 2. The lowest BCUT2D eigenvalue weighted by atomic mass is 10.1. The van der Waals surface area contributed by atoms with Crippen LogP contribution >= 0.6 is 0 Å². The number of fused-ring (bicyclic) bond motifs is 1. The summed E-state index contributed by atoms with van der Waals surface area (Å²) in [4.78, 5) is 25.3. The topological polar surface area (TPSA) is 49.4 Å². The number of benzene rings is 2. The lowest BCUT2D eigenvalue weighted by molar-refractivity contribution is -0.120. The first-order valence-corrected chi connectivity index (χ1v) is 7.42. The highest BCUT2D eigenvalue weighted by Crippen LogP contribution is 2.28. The molecule has 118 valence electrons. The zero-order valence-electron chi connectivity index (χ0n) is 12.8. The van der Waals surface area contributed by atoms with Crippen molar-refractivity contribution in [2.24, 2.45) is 0 Å². The van der Waals surface area contributed by atoms with Gasteiger partial charge in [-0.3, -0.25) is 9.59 Å². The minimum atomic E-state index is -0.313. The van der Waals surface area contributed by atoms with E-state index in [0.717, 1.165) is 22.4 Å². The monoisotopic (exact) mass is 312 g/mol. The van der Waals surface area contributed by atoms with Gasteiger partial charge in [0.2, 0.25) is 11.8 Å². The van der Waals surface area contributed by atoms with Crippen LogP contribution in [0.2, 0.25) is 0 Å². The van der Waals surface area contributed by atoms with Crippen LogP contribution in [0.1, 0.15) is 16.7 Å². The average molecular weight is 312 g/mol. The Hall–Kier alpha value is -2.69. The summed E-state index contributed by atoms with van der Waals surface area (Å²) in [5, 5.41) is 2.84. The smallest absolute Gasteiger partial charge is 0.231 e. The summed E-state index contributed by atoms with van der Waals surface area (Å²) in [5.74, 6) is -0.352. The molecule has 2 amide bonds. The van der Waals surface area contributed by atoms with E-state index in [1.54, 1.807) is 24.1 Å². The minimum Gasteiger partial charge on any atom is -0.352 e. The summed E-state index contributed by atoms with van der Waals surface area (Å²) in [5.41, 5.74) is 3.64. The second-order valence-electron chi connectivity index (χ2n) is 5.67. The van der Waals surface area contributed by atoms with E-state index in [1.165, 1.54) is 12.1 Å². The lowest BCUT2D eigenvalue weighted by Gasteiger charge is -2.11. The molecule has 0 aromatic heterocycles. The third-order valence-corrected chi connectivity index (χ3v) is 3.99. The van der Waals surface area contributed by atoms with Crippen molar-refractivity contribution >= 4 is 17.5 Å². The maximum absolute atomic E-state index is 12.8. The Morgan fingerprint density at radius 1 is 1.17 bits per heavy atom. The van der Waals surface area contributed by atoms with Crippen molar-refractivity contribution in [2.45, 2.75) is 19.4 Å². The van der Waals surface area contributed by atoms with Crippen LogP contribution in [-0.4, -0.2) is 18.9 Å². The van der Waals surface area contributed by atoms with E-state index in [9.17, 15) is 14.0 Å². The summed E-state index contributed by atoms with van der Waals surface area (Å²) in [6, 6.07) is 11.7. The van der Waals surface area contributed by atoms with Crippen LogP contribution in [0.25, 0.3) is 0 Å². The van der Waals surface area contributed by atoms with Crippen LogP contribution in [0.15, 0.2) is 42.5 Å². The van der Waals surface area contributed by atoms with Crippen LogP contribution in [0.5, 0.6) is 0 Å². The Labute approximate surface area is 133 Å². The van der Waals surface area contributed by atoms with Gasteiger partial charge in [0.1, 0.15) is 5.82 Å². The highest BCUT2D eigenvalue weighted by molar-refractivity contribution is 6.00. The molecule has 0 bridgehead atoms. The van der Waals surface area contributed by atoms with Gasteiger partial charge in [0.15, 0.2) is 0 Å². The standard InChI is InChI=1S/C18H17FN2O2/c1-21-16-7-4-13(8-14(16)10-18(21)23)11-20-17(22)9-12-2-5-15(19)6-3-12/h2-8H,9-11H2,1H3,(H,20,22). The number of anilines is 1. The number of halogens is 1. The molecule has 23 heavy (non-hydrogen) atoms. The van der Waals surface area contributed by atoms with E-state index in [4.69, 9.17) is 0 Å². The molecule has 0 saturated carbocycles. The SMILES string of the molecule is CN1C(=O)Cc2cc(CNC(=O)Cc3ccc(F)cc3)ccc21. The molecule has 2 aromatic carbocycles.